The Kier molecular flexibility index (Phi) is 8.87. The Morgan fingerprint density at radius 3 is 2.08 bits per heavy atom. The van der Waals surface area contributed by atoms with Crippen molar-refractivity contribution >= 4 is 15.9 Å². The first kappa shape index (κ1) is 23.8. The van der Waals surface area contributed by atoms with Gasteiger partial charge in [-0.05, 0) is 24.3 Å². The highest BCUT2D eigenvalue weighted by Gasteiger charge is 2.22. The van der Waals surface area contributed by atoms with Crippen LogP contribution >= 0.6 is 0 Å². The lowest BCUT2D eigenvalue weighted by atomic mass is 10.0. The number of hydrogen-bond acceptors (Lipinski definition) is 5. The molecule has 0 radical (unpaired) electrons. The van der Waals surface area contributed by atoms with Crippen LogP contribution in [0.5, 0.6) is 11.5 Å². The number of aromatic hydroxyl groups is 1. The zero-order valence-electron chi connectivity index (χ0n) is 12.5. The molecular weight excluding hydrogens is 344 g/mol. The number of ether oxygens (including phenoxy) is 1. The normalized spacial score (nSPS) is 9.75. The Bertz CT molecular complexity index is 800. The summed E-state index contributed by atoms with van der Waals surface area (Å²) in [6.07, 6.45) is 0. The zero-order chi connectivity index (χ0) is 15.6. The maximum atomic E-state index is 12.4. The van der Waals surface area contributed by atoms with Crippen molar-refractivity contribution in [3.8, 4) is 11.5 Å². The predicted molar refractivity (Wildman–Crippen MR) is 85.2 cm³/mol. The Hall–Kier alpha value is -2.50. The average Bonchev–Trinajstić information content (AvgIpc) is 2.45. The van der Waals surface area contributed by atoms with Crippen molar-refractivity contribution in [2.45, 2.75) is 4.90 Å². The number of rotatable bonds is 4. The molecule has 0 aliphatic rings. The van der Waals surface area contributed by atoms with Crippen LogP contribution in [-0.4, -0.2) is 47.4 Å². The summed E-state index contributed by atoms with van der Waals surface area (Å²) >= 11 is 0. The van der Waals surface area contributed by atoms with E-state index in [1.54, 1.807) is 0 Å². The van der Waals surface area contributed by atoms with Crippen molar-refractivity contribution < 1.29 is 44.0 Å². The molecule has 0 saturated heterocycles. The van der Waals surface area contributed by atoms with Gasteiger partial charge >= 0.3 is 0 Å². The van der Waals surface area contributed by atoms with Crippen LogP contribution in [0.3, 0.4) is 0 Å². The number of phenols is 1. The second-order valence-electron chi connectivity index (χ2n) is 4.18. The van der Waals surface area contributed by atoms with Crippen LogP contribution in [0.2, 0.25) is 0 Å². The van der Waals surface area contributed by atoms with Gasteiger partial charge in [0.2, 0.25) is 0 Å². The van der Waals surface area contributed by atoms with Gasteiger partial charge in [-0.3, -0.25) is 9.35 Å². The summed E-state index contributed by atoms with van der Waals surface area (Å²) in [5.74, 6) is -0.708. The van der Waals surface area contributed by atoms with E-state index in [-0.39, 0.29) is 33.3 Å². The fourth-order valence-electron chi connectivity index (χ4n) is 1.85. The fraction of sp³-hybridized carbons (Fsp3) is 0.0714. The molecule has 0 bridgehead atoms. The third kappa shape index (κ3) is 4.75. The van der Waals surface area contributed by atoms with E-state index in [1.165, 1.54) is 43.5 Å². The first-order chi connectivity index (χ1) is 9.84. The molecule has 0 saturated carbocycles. The number of ketones is 1. The van der Waals surface area contributed by atoms with E-state index in [0.717, 1.165) is 6.07 Å². The van der Waals surface area contributed by atoms with Crippen LogP contribution in [0.15, 0.2) is 47.4 Å². The van der Waals surface area contributed by atoms with E-state index in [1.807, 2.05) is 0 Å². The standard InChI is InChI=1S/C14H12O6S.3H2O/c1-20-9-6-7-10(12(15)8-9)14(16)11-4-2-3-5-13(11)21(17,18)19;;;/h2-8,15H,1H3,(H,17,18,19);3*1H2. The van der Waals surface area contributed by atoms with Gasteiger partial charge in [0.05, 0.1) is 12.7 Å². The lowest BCUT2D eigenvalue weighted by molar-refractivity contribution is 0.103. The molecule has 10 heteroatoms. The first-order valence-electron chi connectivity index (χ1n) is 5.83. The summed E-state index contributed by atoms with van der Waals surface area (Å²) in [5.41, 5.74) is -0.313. The van der Waals surface area contributed by atoms with Crippen LogP contribution in [0.1, 0.15) is 15.9 Å². The topological polar surface area (TPSA) is 195 Å². The Morgan fingerprint density at radius 2 is 1.58 bits per heavy atom. The summed E-state index contributed by atoms with van der Waals surface area (Å²) < 4.78 is 36.7. The molecule has 0 unspecified atom stereocenters. The zero-order valence-corrected chi connectivity index (χ0v) is 13.3. The molecule has 2 aromatic rings. The molecule has 0 heterocycles. The SMILES string of the molecule is COc1ccc(C(=O)c2ccccc2S(=O)(=O)O)c(O)c1.O.O.O. The van der Waals surface area contributed by atoms with Gasteiger partial charge in [-0.2, -0.15) is 8.42 Å². The summed E-state index contributed by atoms with van der Waals surface area (Å²) in [6, 6.07) is 9.23. The Balaban J connectivity index is 0. The van der Waals surface area contributed by atoms with Crippen molar-refractivity contribution in [3.05, 3.63) is 53.6 Å². The number of carbonyl (C=O) groups excluding carboxylic acids is 1. The molecule has 0 aromatic heterocycles. The van der Waals surface area contributed by atoms with Gasteiger partial charge in [-0.1, -0.05) is 12.1 Å². The van der Waals surface area contributed by atoms with Crippen molar-refractivity contribution in [2.24, 2.45) is 0 Å². The van der Waals surface area contributed by atoms with Gasteiger partial charge in [0, 0.05) is 11.6 Å². The third-order valence-electron chi connectivity index (χ3n) is 2.86. The van der Waals surface area contributed by atoms with Gasteiger partial charge < -0.3 is 26.3 Å². The van der Waals surface area contributed by atoms with E-state index in [2.05, 4.69) is 0 Å². The Labute approximate surface area is 137 Å². The van der Waals surface area contributed by atoms with Crippen LogP contribution < -0.4 is 4.74 Å². The summed E-state index contributed by atoms with van der Waals surface area (Å²) in [6.45, 7) is 0. The molecule has 2 aromatic carbocycles. The molecule has 8 N–H and O–H groups in total. The highest BCUT2D eigenvalue weighted by molar-refractivity contribution is 7.86. The van der Waals surface area contributed by atoms with Gasteiger partial charge in [0.1, 0.15) is 16.4 Å². The molecule has 0 fully saturated rings. The fourth-order valence-corrected chi connectivity index (χ4v) is 2.54. The molecule has 2 rings (SSSR count). The van der Waals surface area contributed by atoms with Gasteiger partial charge in [0.15, 0.2) is 5.78 Å². The minimum atomic E-state index is -4.54. The minimum Gasteiger partial charge on any atom is -0.507 e. The lowest BCUT2D eigenvalue weighted by Gasteiger charge is -2.08. The molecule has 0 aliphatic heterocycles. The maximum Gasteiger partial charge on any atom is 0.295 e. The summed E-state index contributed by atoms with van der Waals surface area (Å²) in [7, 11) is -3.13. The number of benzene rings is 2. The van der Waals surface area contributed by atoms with E-state index >= 15 is 0 Å². The monoisotopic (exact) mass is 362 g/mol. The van der Waals surface area contributed by atoms with Crippen molar-refractivity contribution in [1.82, 2.24) is 0 Å². The average molecular weight is 362 g/mol. The van der Waals surface area contributed by atoms with Crippen LogP contribution in [0, 0.1) is 0 Å². The molecule has 0 atom stereocenters. The number of methoxy groups -OCH3 is 1. The summed E-state index contributed by atoms with van der Waals surface area (Å²) in [5, 5.41) is 9.84. The molecule has 0 amide bonds. The smallest absolute Gasteiger partial charge is 0.295 e. The molecular formula is C14H18O9S. The van der Waals surface area contributed by atoms with E-state index in [0.29, 0.717) is 5.75 Å². The highest BCUT2D eigenvalue weighted by Crippen LogP contribution is 2.27. The number of hydrogen-bond donors (Lipinski definition) is 2. The largest absolute Gasteiger partial charge is 0.507 e. The Morgan fingerprint density at radius 1 is 1.00 bits per heavy atom. The summed E-state index contributed by atoms with van der Waals surface area (Å²) in [4.78, 5) is 11.8. The van der Waals surface area contributed by atoms with Gasteiger partial charge in [-0.25, -0.2) is 0 Å². The van der Waals surface area contributed by atoms with Crippen LogP contribution in [0.4, 0.5) is 0 Å². The van der Waals surface area contributed by atoms with Gasteiger partial charge in [-0.15, -0.1) is 0 Å². The predicted octanol–water partition coefficient (Wildman–Crippen LogP) is -0.596. The molecule has 0 spiro atoms. The van der Waals surface area contributed by atoms with Gasteiger partial charge in [0.25, 0.3) is 10.1 Å². The third-order valence-corrected chi connectivity index (χ3v) is 3.77. The van der Waals surface area contributed by atoms with Crippen LogP contribution in [0.25, 0.3) is 0 Å². The second kappa shape index (κ2) is 8.96. The molecule has 134 valence electrons. The molecule has 24 heavy (non-hydrogen) atoms. The van der Waals surface area contributed by atoms with Crippen molar-refractivity contribution in [1.29, 1.82) is 0 Å². The van der Waals surface area contributed by atoms with E-state index < -0.39 is 20.8 Å². The van der Waals surface area contributed by atoms with E-state index in [9.17, 15) is 18.3 Å². The van der Waals surface area contributed by atoms with Crippen molar-refractivity contribution in [3.63, 3.8) is 0 Å². The maximum absolute atomic E-state index is 12.4. The number of phenolic OH excluding ortho intramolecular Hbond substituents is 1. The second-order valence-corrected chi connectivity index (χ2v) is 5.57. The number of carbonyl (C=O) groups is 1. The van der Waals surface area contributed by atoms with Crippen LogP contribution in [-0.2, 0) is 10.1 Å². The lowest BCUT2D eigenvalue weighted by Crippen LogP contribution is -2.09. The molecule has 9 nitrogen and oxygen atoms in total. The quantitative estimate of drug-likeness (QED) is 0.538. The van der Waals surface area contributed by atoms with E-state index in [4.69, 9.17) is 9.29 Å². The first-order valence-corrected chi connectivity index (χ1v) is 7.27. The van der Waals surface area contributed by atoms with Crippen molar-refractivity contribution in [2.75, 3.05) is 7.11 Å². The highest BCUT2D eigenvalue weighted by atomic mass is 32.2. The minimum absolute atomic E-state index is 0. The molecule has 0 aliphatic carbocycles.